The molecule has 0 atom stereocenters. The van der Waals surface area contributed by atoms with Crippen molar-refractivity contribution >= 4 is 16.7 Å². The Bertz CT molecular complexity index is 747. The van der Waals surface area contributed by atoms with Crippen LogP contribution in [0.5, 0.6) is 11.5 Å². The molecule has 1 aromatic heterocycles. The maximum absolute atomic E-state index is 5.98. The number of ether oxygens (including phenoxy) is 2. The average Bonchev–Trinajstić information content (AvgIpc) is 2.64. The van der Waals surface area contributed by atoms with E-state index in [0.29, 0.717) is 23.9 Å². The van der Waals surface area contributed by atoms with Gasteiger partial charge in [-0.3, -0.25) is 0 Å². The fraction of sp³-hybridized carbons (Fsp3) is 0.556. The Hall–Kier alpha value is -2.16. The summed E-state index contributed by atoms with van der Waals surface area (Å²) in [6, 6.07) is 3.73. The van der Waals surface area contributed by atoms with Crippen molar-refractivity contribution in [2.75, 3.05) is 45.4 Å². The summed E-state index contributed by atoms with van der Waals surface area (Å²) in [7, 11) is 1.63. The molecule has 2 aliphatic heterocycles. The van der Waals surface area contributed by atoms with Crippen molar-refractivity contribution in [1.82, 2.24) is 14.9 Å². The highest BCUT2D eigenvalue weighted by molar-refractivity contribution is 5.91. The Kier molecular flexibility index (Phi) is 5.33. The van der Waals surface area contributed by atoms with E-state index in [0.717, 1.165) is 23.9 Å². The van der Waals surface area contributed by atoms with Crippen LogP contribution in [-0.4, -0.2) is 55.0 Å². The minimum Gasteiger partial charge on any atom is -0.493 e. The van der Waals surface area contributed by atoms with Crippen molar-refractivity contribution in [3.63, 3.8) is 0 Å². The van der Waals surface area contributed by atoms with Crippen LogP contribution in [0.25, 0.3) is 10.9 Å². The van der Waals surface area contributed by atoms with Crippen LogP contribution in [0.4, 0.5) is 5.82 Å². The Morgan fingerprint density at radius 1 is 1.08 bits per heavy atom. The summed E-state index contributed by atoms with van der Waals surface area (Å²) < 4.78 is 11.5. The largest absolute Gasteiger partial charge is 0.493 e. The van der Waals surface area contributed by atoms with Crippen molar-refractivity contribution in [3.05, 3.63) is 18.5 Å². The van der Waals surface area contributed by atoms with Gasteiger partial charge in [-0.1, -0.05) is 6.42 Å². The van der Waals surface area contributed by atoms with Gasteiger partial charge in [0.05, 0.1) is 24.6 Å². The SMILES string of the molecule is COc1cc2c(N3OCO3)ncnc2cc1OCCCN1CCCCC1. The second kappa shape index (κ2) is 8.03. The van der Waals surface area contributed by atoms with Gasteiger partial charge in [0.25, 0.3) is 0 Å². The van der Waals surface area contributed by atoms with Crippen LogP contribution < -0.4 is 14.7 Å². The lowest BCUT2D eigenvalue weighted by molar-refractivity contribution is -0.278. The summed E-state index contributed by atoms with van der Waals surface area (Å²) >= 11 is 0. The molecule has 0 N–H and O–H groups in total. The number of piperidine rings is 1. The van der Waals surface area contributed by atoms with Gasteiger partial charge >= 0.3 is 0 Å². The fourth-order valence-corrected chi connectivity index (χ4v) is 3.35. The first kappa shape index (κ1) is 17.3. The number of hydrogen-bond donors (Lipinski definition) is 0. The fourth-order valence-electron chi connectivity index (χ4n) is 3.35. The molecule has 0 bridgehead atoms. The number of benzene rings is 1. The number of fused-ring (bicyclic) bond motifs is 1. The zero-order valence-corrected chi connectivity index (χ0v) is 15.0. The van der Waals surface area contributed by atoms with E-state index < -0.39 is 0 Å². The van der Waals surface area contributed by atoms with Crippen molar-refractivity contribution in [1.29, 1.82) is 0 Å². The van der Waals surface area contributed by atoms with E-state index in [1.165, 1.54) is 43.9 Å². The van der Waals surface area contributed by atoms with Gasteiger partial charge in [0.2, 0.25) is 6.79 Å². The number of nitrogens with zero attached hydrogens (tertiary/aromatic N) is 4. The molecule has 1 aromatic carbocycles. The maximum atomic E-state index is 5.98. The highest BCUT2D eigenvalue weighted by atomic mass is 17.1. The molecule has 0 saturated carbocycles. The third-order valence-electron chi connectivity index (χ3n) is 4.74. The predicted octanol–water partition coefficient (Wildman–Crippen LogP) is 2.53. The topological polar surface area (TPSA) is 69.2 Å². The van der Waals surface area contributed by atoms with Crippen LogP contribution in [-0.2, 0) is 9.68 Å². The Morgan fingerprint density at radius 2 is 1.92 bits per heavy atom. The second-order valence-corrected chi connectivity index (χ2v) is 6.45. The molecule has 0 aliphatic carbocycles. The lowest BCUT2D eigenvalue weighted by Gasteiger charge is -2.29. The third-order valence-corrected chi connectivity index (χ3v) is 4.74. The van der Waals surface area contributed by atoms with Gasteiger partial charge in [-0.05, 0) is 38.4 Å². The quantitative estimate of drug-likeness (QED) is 0.698. The van der Waals surface area contributed by atoms with Gasteiger partial charge < -0.3 is 14.4 Å². The molecule has 0 radical (unpaired) electrons. The van der Waals surface area contributed by atoms with Crippen molar-refractivity contribution < 1.29 is 19.1 Å². The molecule has 8 heteroatoms. The predicted molar refractivity (Wildman–Crippen MR) is 96.0 cm³/mol. The molecular weight excluding hydrogens is 336 g/mol. The van der Waals surface area contributed by atoms with Crippen LogP contribution >= 0.6 is 0 Å². The van der Waals surface area contributed by atoms with E-state index >= 15 is 0 Å². The normalized spacial score (nSPS) is 18.0. The van der Waals surface area contributed by atoms with Gasteiger partial charge in [-0.15, -0.1) is 5.23 Å². The molecule has 0 unspecified atom stereocenters. The Labute approximate surface area is 152 Å². The number of likely N-dealkylation sites (tertiary alicyclic amines) is 1. The van der Waals surface area contributed by atoms with E-state index in [9.17, 15) is 0 Å². The zero-order chi connectivity index (χ0) is 17.8. The number of anilines is 1. The first-order valence-electron chi connectivity index (χ1n) is 9.09. The molecule has 26 heavy (non-hydrogen) atoms. The second-order valence-electron chi connectivity index (χ2n) is 6.45. The summed E-state index contributed by atoms with van der Waals surface area (Å²) in [5.41, 5.74) is 0.751. The summed E-state index contributed by atoms with van der Waals surface area (Å²) in [6.45, 7) is 4.36. The van der Waals surface area contributed by atoms with E-state index in [1.807, 2.05) is 12.1 Å². The van der Waals surface area contributed by atoms with E-state index in [1.54, 1.807) is 7.11 Å². The third kappa shape index (κ3) is 3.67. The number of methoxy groups -OCH3 is 1. The summed E-state index contributed by atoms with van der Waals surface area (Å²) in [6.07, 6.45) is 6.46. The minimum absolute atomic E-state index is 0.223. The highest BCUT2D eigenvalue weighted by Crippen LogP contribution is 2.36. The van der Waals surface area contributed by atoms with Gasteiger partial charge in [0, 0.05) is 12.6 Å². The van der Waals surface area contributed by atoms with E-state index in [4.69, 9.17) is 19.1 Å². The van der Waals surface area contributed by atoms with Gasteiger partial charge in [0.15, 0.2) is 17.3 Å². The summed E-state index contributed by atoms with van der Waals surface area (Å²) in [5, 5.41) is 2.06. The average molecular weight is 360 g/mol. The number of hydrogen-bond acceptors (Lipinski definition) is 8. The van der Waals surface area contributed by atoms with Crippen LogP contribution in [0.15, 0.2) is 18.5 Å². The van der Waals surface area contributed by atoms with Crippen molar-refractivity contribution in [2.45, 2.75) is 25.7 Å². The maximum Gasteiger partial charge on any atom is 0.205 e. The molecule has 8 nitrogen and oxygen atoms in total. The molecule has 140 valence electrons. The van der Waals surface area contributed by atoms with Gasteiger partial charge in [0.1, 0.15) is 6.33 Å². The van der Waals surface area contributed by atoms with Crippen LogP contribution in [0, 0.1) is 0 Å². The van der Waals surface area contributed by atoms with Crippen LogP contribution in [0.1, 0.15) is 25.7 Å². The number of rotatable bonds is 7. The molecular formula is C18H24N4O4. The summed E-state index contributed by atoms with van der Waals surface area (Å²) in [5.74, 6) is 1.89. The Morgan fingerprint density at radius 3 is 2.65 bits per heavy atom. The molecule has 2 aromatic rings. The minimum atomic E-state index is 0.223. The zero-order valence-electron chi connectivity index (χ0n) is 15.0. The molecule has 4 rings (SSSR count). The molecule has 2 fully saturated rings. The van der Waals surface area contributed by atoms with Crippen molar-refractivity contribution in [3.8, 4) is 11.5 Å². The molecule has 2 saturated heterocycles. The summed E-state index contributed by atoms with van der Waals surface area (Å²) in [4.78, 5) is 21.5. The van der Waals surface area contributed by atoms with Gasteiger partial charge in [-0.25, -0.2) is 19.6 Å². The first-order chi connectivity index (χ1) is 12.8. The molecule has 2 aliphatic rings. The monoisotopic (exact) mass is 360 g/mol. The lowest BCUT2D eigenvalue weighted by atomic mass is 10.1. The van der Waals surface area contributed by atoms with Crippen molar-refractivity contribution in [2.24, 2.45) is 0 Å². The highest BCUT2D eigenvalue weighted by Gasteiger charge is 2.23. The standard InChI is InChI=1S/C18H24N4O4/c1-23-16-10-14-15(19-12-20-18(14)22-25-13-26-22)11-17(16)24-9-5-8-21-6-3-2-4-7-21/h10-12H,2-9,13H2,1H3. The Balaban J connectivity index is 1.44. The van der Waals surface area contributed by atoms with Crippen LogP contribution in [0.3, 0.4) is 0 Å². The number of aromatic nitrogens is 2. The molecule has 3 heterocycles. The first-order valence-corrected chi connectivity index (χ1v) is 9.09. The smallest absolute Gasteiger partial charge is 0.205 e. The van der Waals surface area contributed by atoms with E-state index in [-0.39, 0.29) is 6.79 Å². The lowest BCUT2D eigenvalue weighted by Crippen LogP contribution is -2.37. The van der Waals surface area contributed by atoms with E-state index in [2.05, 4.69) is 14.9 Å². The molecule has 0 spiro atoms. The molecule has 0 amide bonds. The van der Waals surface area contributed by atoms with Crippen LogP contribution in [0.2, 0.25) is 0 Å². The van der Waals surface area contributed by atoms with Gasteiger partial charge in [-0.2, -0.15) is 0 Å².